The summed E-state index contributed by atoms with van der Waals surface area (Å²) in [6, 6.07) is 33.3. The molecule has 0 atom stereocenters. The average Bonchev–Trinajstić information content (AvgIpc) is 3.46. The van der Waals surface area contributed by atoms with Gasteiger partial charge in [0.1, 0.15) is 23.2 Å². The highest BCUT2D eigenvalue weighted by atomic mass is 79.9. The Morgan fingerprint density at radius 2 is 0.610 bits per heavy atom. The van der Waals surface area contributed by atoms with Crippen LogP contribution in [0.4, 0.5) is 0 Å². The van der Waals surface area contributed by atoms with Gasteiger partial charge >= 0.3 is 0 Å². The molecule has 3 aromatic rings. The van der Waals surface area contributed by atoms with Gasteiger partial charge in [0, 0.05) is 74.8 Å². The van der Waals surface area contributed by atoms with Crippen LogP contribution in [0.5, 0.6) is 0 Å². The van der Waals surface area contributed by atoms with Crippen LogP contribution >= 0.6 is 39.1 Å². The topological polar surface area (TPSA) is 145 Å². The lowest BCUT2D eigenvalue weighted by Gasteiger charge is -2.53. The smallest absolute Gasteiger partial charge is 0.112 e. The number of hydrogen-bond donors (Lipinski definition) is 4. The van der Waals surface area contributed by atoms with Crippen molar-refractivity contribution in [2.24, 2.45) is 0 Å². The number of unbranched alkanes of at least 4 members (excludes halogenated alkanes) is 3. The van der Waals surface area contributed by atoms with E-state index in [0.29, 0.717) is 12.8 Å². The third-order valence-corrected chi connectivity index (χ3v) is 22.6. The van der Waals surface area contributed by atoms with Crippen molar-refractivity contribution in [1.82, 2.24) is 20.3 Å². The predicted octanol–water partition coefficient (Wildman–Crippen LogP) is 11.1. The number of hydrogen-bond acceptors (Lipinski definition) is 12. The Hall–Kier alpha value is -0.950. The second-order valence-corrected chi connectivity index (χ2v) is 33.7. The molecule has 0 aliphatic carbocycles. The van der Waals surface area contributed by atoms with E-state index in [2.05, 4.69) is 206 Å². The number of hydroxylamine groups is 8. The summed E-state index contributed by atoms with van der Waals surface area (Å²) < 4.78 is 18.3. The molecule has 470 valence electrons. The van der Waals surface area contributed by atoms with Crippen molar-refractivity contribution in [2.75, 3.05) is 36.6 Å². The SMILES string of the molecule is CC1(C)CC(OCCCCBr)CC(C)(C)N1O.CC1(C)CC(OCCCCBr)CC(C)(C)N1O.CC1(C)CC(OCCCC[P+](c2ccccc2)(c2ccccc2)c2ccccc2)CC(C)(C)N1O.CC1(C)CC([O-])CC(C)(C)N1O.[Br-]. The molecule has 12 nitrogen and oxygen atoms in total. The molecule has 4 aliphatic rings. The number of halogens is 3. The van der Waals surface area contributed by atoms with Crippen LogP contribution in [-0.2, 0) is 14.2 Å². The Kier molecular flexibility index (Phi) is 29.9. The zero-order valence-corrected chi connectivity index (χ0v) is 59.1. The highest BCUT2D eigenvalue weighted by molar-refractivity contribution is 9.09. The van der Waals surface area contributed by atoms with E-state index in [0.717, 1.165) is 114 Å². The Bertz CT molecular complexity index is 2040. The number of rotatable bonds is 19. The van der Waals surface area contributed by atoms with Gasteiger partial charge in [-0.15, -0.1) is 6.10 Å². The Balaban J connectivity index is 0.000000316. The van der Waals surface area contributed by atoms with Crippen molar-refractivity contribution in [3.05, 3.63) is 91.0 Å². The number of nitrogens with zero attached hydrogens (tertiary/aromatic N) is 4. The number of ether oxygens (including phenoxy) is 3. The minimum atomic E-state index is -1.77. The minimum Gasteiger partial charge on any atom is -1.00 e. The lowest BCUT2D eigenvalue weighted by atomic mass is 9.80. The molecule has 0 radical (unpaired) electrons. The molecule has 4 fully saturated rings. The molecule has 7 rings (SSSR count). The summed E-state index contributed by atoms with van der Waals surface area (Å²) in [5.41, 5.74) is -2.14. The number of benzene rings is 3. The van der Waals surface area contributed by atoms with Crippen LogP contribution in [0.1, 0.15) is 201 Å². The molecule has 0 spiro atoms. The van der Waals surface area contributed by atoms with Gasteiger partial charge in [-0.1, -0.05) is 86.5 Å². The third kappa shape index (κ3) is 21.4. The molecule has 4 aliphatic heterocycles. The Morgan fingerprint density at radius 3 is 0.841 bits per heavy atom. The van der Waals surface area contributed by atoms with Crippen LogP contribution in [0.15, 0.2) is 91.0 Å². The average molecular weight is 1360 g/mol. The van der Waals surface area contributed by atoms with E-state index in [4.69, 9.17) is 14.2 Å². The van der Waals surface area contributed by atoms with Crippen LogP contribution in [0.3, 0.4) is 0 Å². The zero-order chi connectivity index (χ0) is 60.7. The van der Waals surface area contributed by atoms with E-state index in [1.165, 1.54) is 36.2 Å². The van der Waals surface area contributed by atoms with Crippen molar-refractivity contribution in [3.8, 4) is 0 Å². The fraction of sp³-hybridized carbons (Fsp3) is 0.727. The third-order valence-electron chi connectivity index (χ3n) is 17.0. The fourth-order valence-corrected chi connectivity index (χ4v) is 18.7. The van der Waals surface area contributed by atoms with E-state index in [1.54, 1.807) is 0 Å². The van der Waals surface area contributed by atoms with Crippen molar-refractivity contribution in [1.29, 1.82) is 0 Å². The molecule has 0 unspecified atom stereocenters. The van der Waals surface area contributed by atoms with Crippen LogP contribution in [0.2, 0.25) is 0 Å². The predicted molar refractivity (Wildman–Crippen MR) is 342 cm³/mol. The van der Waals surface area contributed by atoms with Crippen LogP contribution in [0.25, 0.3) is 0 Å². The zero-order valence-electron chi connectivity index (χ0n) is 53.4. The Labute approximate surface area is 526 Å². The molecule has 16 heteroatoms. The molecule has 4 heterocycles. The molecular formula is C66H111Br3N4O8P-. The molecule has 82 heavy (non-hydrogen) atoms. The van der Waals surface area contributed by atoms with E-state index in [9.17, 15) is 25.9 Å². The van der Waals surface area contributed by atoms with Gasteiger partial charge in [-0.3, -0.25) is 0 Å². The summed E-state index contributed by atoms with van der Waals surface area (Å²) in [5, 5.41) is 64.3. The first kappa shape index (κ1) is 75.3. The summed E-state index contributed by atoms with van der Waals surface area (Å²) in [5.74, 6) is 0. The van der Waals surface area contributed by atoms with Gasteiger partial charge < -0.3 is 57.1 Å². The van der Waals surface area contributed by atoms with Crippen LogP contribution in [0, 0.1) is 0 Å². The first-order valence-corrected chi connectivity index (χ1v) is 34.5. The summed E-state index contributed by atoms with van der Waals surface area (Å²) in [4.78, 5) is 0. The van der Waals surface area contributed by atoms with Gasteiger partial charge in [0.15, 0.2) is 0 Å². The maximum Gasteiger partial charge on any atom is 0.112 e. The summed E-state index contributed by atoms with van der Waals surface area (Å²) >= 11 is 6.85. The van der Waals surface area contributed by atoms with Crippen molar-refractivity contribution in [2.45, 2.75) is 269 Å². The molecule has 0 saturated carbocycles. The largest absolute Gasteiger partial charge is 1.00 e. The highest BCUT2D eigenvalue weighted by Crippen LogP contribution is 2.56. The maximum absolute atomic E-state index is 11.4. The molecule has 0 aromatic heterocycles. The van der Waals surface area contributed by atoms with Crippen LogP contribution in [-0.4, -0.2) is 146 Å². The van der Waals surface area contributed by atoms with Crippen molar-refractivity contribution in [3.63, 3.8) is 0 Å². The molecule has 0 bridgehead atoms. The standard InChI is InChI=1S/C31H41NO2P.2C13H26BrNO2.C9H18NO2.BrH/c1-30(2)24-26(25-31(3,4)32(30)33)34-22-14-15-23-35(27-16-8-5-9-17-27,28-18-10-6-11-19-28)29-20-12-7-13-21-29;2*1-12(2)9-11(17-8-6-5-7-14)10-13(3,4)15(12)16;1-8(2)5-7(11)6-9(3,4)10(8)12;/h5-13,16-21,26,33H,14-15,22-25H2,1-4H3;2*11,16H,5-10H2,1-4H3;7,12H,5-6H2,1-4H3;1H/q+1;;;-1;/p-1. The first-order chi connectivity index (χ1) is 37.6. The summed E-state index contributed by atoms with van der Waals surface area (Å²) in [7, 11) is -1.77. The highest BCUT2D eigenvalue weighted by Gasteiger charge is 2.49. The van der Waals surface area contributed by atoms with Crippen molar-refractivity contribution < 1.29 is 57.1 Å². The van der Waals surface area contributed by atoms with Crippen LogP contribution < -0.4 is 38.0 Å². The van der Waals surface area contributed by atoms with Gasteiger partial charge in [-0.05, 0) is 237 Å². The maximum atomic E-state index is 11.4. The van der Waals surface area contributed by atoms with Gasteiger partial charge in [0.05, 0.1) is 24.5 Å². The number of piperidine rings is 4. The lowest BCUT2D eigenvalue weighted by molar-refractivity contribution is -0.448. The molecule has 4 N–H and O–H groups in total. The van der Waals surface area contributed by atoms with Gasteiger partial charge in [-0.25, -0.2) is 0 Å². The summed E-state index contributed by atoms with van der Waals surface area (Å²) in [6.07, 6.45) is 14.3. The van der Waals surface area contributed by atoms with E-state index >= 15 is 0 Å². The van der Waals surface area contributed by atoms with E-state index in [1.807, 2.05) is 27.7 Å². The quantitative estimate of drug-likeness (QED) is 0.0515. The molecule has 4 saturated heterocycles. The minimum absolute atomic E-state index is 0. The number of alkyl halides is 2. The summed E-state index contributed by atoms with van der Waals surface area (Å²) in [6.45, 7) is 35.0. The monoisotopic (exact) mass is 1360 g/mol. The van der Waals surface area contributed by atoms with E-state index < -0.39 is 13.4 Å². The normalized spacial score (nSPS) is 22.7. The van der Waals surface area contributed by atoms with Gasteiger partial charge in [0.2, 0.25) is 0 Å². The van der Waals surface area contributed by atoms with Gasteiger partial charge in [-0.2, -0.15) is 20.3 Å². The van der Waals surface area contributed by atoms with Gasteiger partial charge in [0.25, 0.3) is 0 Å². The fourth-order valence-electron chi connectivity index (χ4n) is 13.5. The molecular weight excluding hydrogens is 1250 g/mol. The molecule has 3 aromatic carbocycles. The van der Waals surface area contributed by atoms with E-state index in [-0.39, 0.29) is 79.6 Å². The van der Waals surface area contributed by atoms with Crippen molar-refractivity contribution >= 4 is 55.0 Å². The second kappa shape index (κ2) is 32.5. The Morgan fingerprint density at radius 1 is 0.390 bits per heavy atom. The first-order valence-electron chi connectivity index (χ1n) is 30.2. The molecule has 0 amide bonds. The lowest BCUT2D eigenvalue weighted by Crippen LogP contribution is -3.00. The second-order valence-electron chi connectivity index (χ2n) is 28.5.